The fourth-order valence-corrected chi connectivity index (χ4v) is 7.36. The molecule has 0 atom stereocenters. The van der Waals surface area contributed by atoms with Gasteiger partial charge in [0, 0.05) is 47.0 Å². The van der Waals surface area contributed by atoms with Gasteiger partial charge in [-0.1, -0.05) is 151 Å². The maximum atomic E-state index is 8.83. The number of aryl methyl sites for hydroxylation is 1. The summed E-state index contributed by atoms with van der Waals surface area (Å²) >= 11 is 0. The van der Waals surface area contributed by atoms with Crippen LogP contribution in [0.5, 0.6) is 0 Å². The molecule has 0 N–H and O–H groups in total. The summed E-state index contributed by atoms with van der Waals surface area (Å²) in [7, 11) is 0. The second kappa shape index (κ2) is 17.3. The number of para-hydroxylation sites is 4. The molecule has 5 heteroatoms. The van der Waals surface area contributed by atoms with Crippen LogP contribution in [0.4, 0.5) is 0 Å². The van der Waals surface area contributed by atoms with Crippen LogP contribution in [0.2, 0.25) is 0 Å². The van der Waals surface area contributed by atoms with Crippen LogP contribution in [-0.2, 0) is 26.5 Å². The first kappa shape index (κ1) is 33.2. The van der Waals surface area contributed by atoms with E-state index >= 15 is 0 Å². The maximum Gasteiger partial charge on any atom is 0.120 e. The molecule has 299 valence electrons. The van der Waals surface area contributed by atoms with Crippen LogP contribution in [0, 0.1) is 24.4 Å². The summed E-state index contributed by atoms with van der Waals surface area (Å²) in [6.45, 7) is 10.9. The molecule has 0 spiro atoms. The van der Waals surface area contributed by atoms with E-state index in [0.29, 0.717) is 17.0 Å². The average Bonchev–Trinajstić information content (AvgIpc) is 3.84. The zero-order chi connectivity index (χ0) is 46.7. The number of hydrogen-bond donors (Lipinski definition) is 0. The van der Waals surface area contributed by atoms with Crippen molar-refractivity contribution in [1.29, 1.82) is 0 Å². The molecular weight excluding hydrogens is 899 g/mol. The topological polar surface area (TPSA) is 43.9 Å². The van der Waals surface area contributed by atoms with E-state index in [2.05, 4.69) is 18.2 Å². The van der Waals surface area contributed by atoms with Gasteiger partial charge in [-0.2, -0.15) is 0 Å². The molecule has 1 radical (unpaired) electrons. The number of pyridine rings is 1. The number of furan rings is 1. The molecule has 9 aromatic rings. The fourth-order valence-electron chi connectivity index (χ4n) is 7.36. The van der Waals surface area contributed by atoms with Crippen molar-refractivity contribution < 1.29 is 34.1 Å². The molecule has 3 aromatic heterocycles. The van der Waals surface area contributed by atoms with Crippen LogP contribution in [0.1, 0.15) is 92.1 Å². The summed E-state index contributed by atoms with van der Waals surface area (Å²) in [4.78, 5) is 9.56. The fraction of sp³-hybridized carbons (Fsp3) is 0.222. The van der Waals surface area contributed by atoms with Crippen molar-refractivity contribution in [2.45, 2.75) is 73.5 Å². The minimum absolute atomic E-state index is 0. The van der Waals surface area contributed by atoms with Gasteiger partial charge in [-0.3, -0.25) is 4.98 Å². The van der Waals surface area contributed by atoms with Gasteiger partial charge in [0.25, 0.3) is 0 Å². The third-order valence-corrected chi connectivity index (χ3v) is 10.0. The van der Waals surface area contributed by atoms with Gasteiger partial charge in [-0.25, -0.2) is 0 Å². The Bertz CT molecular complexity index is 3120. The summed E-state index contributed by atoms with van der Waals surface area (Å²) in [6.07, 6.45) is 0.437. The first-order valence-corrected chi connectivity index (χ1v) is 19.6. The van der Waals surface area contributed by atoms with Gasteiger partial charge in [-0.15, -0.1) is 53.6 Å². The number of rotatable bonds is 7. The molecule has 3 heterocycles. The molecule has 0 aliphatic heterocycles. The minimum Gasteiger partial charge on any atom is -0.501 e. The molecule has 0 fully saturated rings. The SMILES string of the molecule is [2H]C([2H])([2H])c1c[c-]c(-c2nc3ccccc3n2-c2c(C([2H])(C)C)cccc2C([2H])(C)C)cc1.[2H]C([2H])(c1ccc(-c2ccc(-c3[c-]ccc4c3oc3ccccc34)nc2)cc1)C(C)(C)C.[Ir]. The number of hydrogen-bond acceptors (Lipinski definition) is 3. The molecule has 0 saturated heterocycles. The number of nitrogens with zero attached hydrogens (tertiary/aromatic N) is 3. The van der Waals surface area contributed by atoms with Crippen LogP contribution in [0.15, 0.2) is 144 Å². The number of fused-ring (bicyclic) bond motifs is 4. The monoisotopic (exact) mass is 957 g/mol. The Morgan fingerprint density at radius 2 is 1.47 bits per heavy atom. The van der Waals surface area contributed by atoms with Gasteiger partial charge < -0.3 is 14.0 Å². The van der Waals surface area contributed by atoms with Gasteiger partial charge >= 0.3 is 0 Å². The summed E-state index contributed by atoms with van der Waals surface area (Å²) in [6, 6.07) is 48.3. The zero-order valence-corrected chi connectivity index (χ0v) is 36.8. The van der Waals surface area contributed by atoms with E-state index in [0.717, 1.165) is 72.2 Å². The van der Waals surface area contributed by atoms with E-state index in [4.69, 9.17) is 24.0 Å². The van der Waals surface area contributed by atoms with Crippen LogP contribution < -0.4 is 0 Å². The van der Waals surface area contributed by atoms with Crippen LogP contribution in [-0.4, -0.2) is 14.5 Å². The second-order valence-electron chi connectivity index (χ2n) is 16.0. The molecule has 59 heavy (non-hydrogen) atoms. The van der Waals surface area contributed by atoms with E-state index in [1.807, 2.05) is 168 Å². The summed E-state index contributed by atoms with van der Waals surface area (Å²) in [5.74, 6) is -1.25. The van der Waals surface area contributed by atoms with Gasteiger partial charge in [0.2, 0.25) is 0 Å². The van der Waals surface area contributed by atoms with Crippen LogP contribution >= 0.6 is 0 Å². The molecule has 0 amide bonds. The van der Waals surface area contributed by atoms with Crippen molar-refractivity contribution in [3.8, 4) is 39.5 Å². The van der Waals surface area contributed by atoms with E-state index in [9.17, 15) is 0 Å². The van der Waals surface area contributed by atoms with Crippen molar-refractivity contribution >= 4 is 33.0 Å². The largest absolute Gasteiger partial charge is 0.501 e. The molecule has 9 rings (SSSR count). The second-order valence-corrected chi connectivity index (χ2v) is 16.0. The van der Waals surface area contributed by atoms with Gasteiger partial charge in [0.1, 0.15) is 5.58 Å². The quantitative estimate of drug-likeness (QED) is 0.150. The van der Waals surface area contributed by atoms with Gasteiger partial charge in [0.15, 0.2) is 0 Å². The molecule has 0 bridgehead atoms. The molecule has 0 aliphatic carbocycles. The predicted octanol–water partition coefficient (Wildman–Crippen LogP) is 14.7. The Balaban J connectivity index is 0.000000193. The van der Waals surface area contributed by atoms with E-state index < -0.39 is 30.4 Å². The standard InChI is InChI=1S/C28H24NO.C26H27N2.Ir/c1-28(2,3)17-19-11-13-20(14-12-19)21-15-16-25(29-18-21)24-9-6-8-23-22-7-4-5-10-26(22)30-27(23)24;1-17(2)21-9-8-10-22(18(3)4)25(21)28-24-12-7-6-11-23(24)27-26(28)20-15-13-19(5)14-16-20;/h4-8,10-16,18H,17H2,1-3H3;6-15,17-18H,1-5H3;/q2*-1;/i17D2;5D3,17D,18D;. The van der Waals surface area contributed by atoms with Gasteiger partial charge in [-0.05, 0) is 75.3 Å². The number of imidazole rings is 1. The first-order chi connectivity index (χ1) is 30.5. The molecule has 0 aliphatic rings. The first-order valence-electron chi connectivity index (χ1n) is 23.1. The van der Waals surface area contributed by atoms with Crippen LogP contribution in [0.3, 0.4) is 0 Å². The van der Waals surface area contributed by atoms with Gasteiger partial charge in [0.05, 0.1) is 22.4 Å². The Morgan fingerprint density at radius 1 is 0.763 bits per heavy atom. The molecule has 4 nitrogen and oxygen atoms in total. The van der Waals surface area contributed by atoms with E-state index in [1.54, 1.807) is 12.1 Å². The zero-order valence-electron chi connectivity index (χ0n) is 41.4. The minimum atomic E-state index is -2.21. The van der Waals surface area contributed by atoms with Crippen molar-refractivity contribution in [2.24, 2.45) is 5.41 Å². The summed E-state index contributed by atoms with van der Waals surface area (Å²) in [5.41, 5.74) is 10.3. The molecule has 0 unspecified atom stereocenters. The van der Waals surface area contributed by atoms with Crippen LogP contribution in [0.25, 0.3) is 72.4 Å². The molecule has 6 aromatic carbocycles. The van der Waals surface area contributed by atoms with Crippen molar-refractivity contribution in [3.05, 3.63) is 174 Å². The Kier molecular flexibility index (Phi) is 9.76. The third-order valence-electron chi connectivity index (χ3n) is 10.0. The maximum absolute atomic E-state index is 8.83. The normalized spacial score (nSPS) is 14.2. The molecular formula is C54H51IrN3O-2. The number of aromatic nitrogens is 3. The average molecular weight is 957 g/mol. The summed E-state index contributed by atoms with van der Waals surface area (Å²) < 4.78 is 65.7. The predicted molar refractivity (Wildman–Crippen MR) is 243 cm³/mol. The summed E-state index contributed by atoms with van der Waals surface area (Å²) in [5, 5.41) is 2.15. The Hall–Kier alpha value is -5.61. The smallest absolute Gasteiger partial charge is 0.120 e. The Morgan fingerprint density at radius 3 is 2.14 bits per heavy atom. The number of benzene rings is 6. The van der Waals surface area contributed by atoms with E-state index in [1.165, 1.54) is 6.07 Å². The Labute approximate surface area is 372 Å². The van der Waals surface area contributed by atoms with Crippen molar-refractivity contribution in [1.82, 2.24) is 14.5 Å². The molecule has 0 saturated carbocycles. The van der Waals surface area contributed by atoms with E-state index in [-0.39, 0.29) is 25.7 Å². The van der Waals surface area contributed by atoms with Crippen molar-refractivity contribution in [3.63, 3.8) is 0 Å². The third kappa shape index (κ3) is 8.74. The van der Waals surface area contributed by atoms with Crippen molar-refractivity contribution in [2.75, 3.05) is 0 Å².